The maximum Gasteiger partial charge on any atom is 0.227 e. The van der Waals surface area contributed by atoms with Crippen molar-refractivity contribution in [3.05, 3.63) is 53.2 Å². The van der Waals surface area contributed by atoms with Crippen molar-refractivity contribution in [1.82, 2.24) is 4.98 Å². The van der Waals surface area contributed by atoms with Crippen molar-refractivity contribution in [2.24, 2.45) is 21.6 Å². The maximum atomic E-state index is 6.12. The van der Waals surface area contributed by atoms with Gasteiger partial charge in [0, 0.05) is 31.2 Å². The Labute approximate surface area is 150 Å². The lowest BCUT2D eigenvalue weighted by atomic mass is 9.87. The van der Waals surface area contributed by atoms with Gasteiger partial charge in [0.05, 0.1) is 10.7 Å². The first-order valence-electron chi connectivity index (χ1n) is 9.01. The number of oxazole rings is 1. The lowest BCUT2D eigenvalue weighted by Gasteiger charge is -2.34. The lowest BCUT2D eigenvalue weighted by Crippen LogP contribution is -2.43. The highest BCUT2D eigenvalue weighted by Crippen LogP contribution is 2.32. The van der Waals surface area contributed by atoms with Gasteiger partial charge in [0.1, 0.15) is 5.52 Å². The largest absolute Gasteiger partial charge is 0.436 e. The summed E-state index contributed by atoms with van der Waals surface area (Å²) < 4.78 is 11.4. The van der Waals surface area contributed by atoms with Crippen molar-refractivity contribution < 1.29 is 9.15 Å². The van der Waals surface area contributed by atoms with E-state index in [0.29, 0.717) is 18.4 Å². The molecule has 2 aliphatic heterocycles. The summed E-state index contributed by atoms with van der Waals surface area (Å²) >= 11 is 0. The van der Waals surface area contributed by atoms with Gasteiger partial charge in [-0.2, -0.15) is 0 Å². The molecule has 0 radical (unpaired) electrons. The summed E-state index contributed by atoms with van der Waals surface area (Å²) in [5, 5.41) is 1.75. The summed E-state index contributed by atoms with van der Waals surface area (Å²) in [7, 11) is 0. The summed E-state index contributed by atoms with van der Waals surface area (Å²) in [6.45, 7) is 1.91. The van der Waals surface area contributed by atoms with Gasteiger partial charge in [-0.1, -0.05) is 12.1 Å². The first-order chi connectivity index (χ1) is 12.8. The molecule has 0 spiro atoms. The van der Waals surface area contributed by atoms with Gasteiger partial charge >= 0.3 is 0 Å². The van der Waals surface area contributed by atoms with Crippen LogP contribution >= 0.6 is 0 Å². The molecule has 1 fully saturated rings. The van der Waals surface area contributed by atoms with Crippen molar-refractivity contribution in [3.63, 3.8) is 0 Å². The van der Waals surface area contributed by atoms with E-state index in [2.05, 4.69) is 4.98 Å². The molecule has 2 aromatic carbocycles. The molecule has 3 heterocycles. The Kier molecular flexibility index (Phi) is 3.62. The van der Waals surface area contributed by atoms with Gasteiger partial charge in [-0.25, -0.2) is 4.98 Å². The number of nitrogens with zero attached hydrogens (tertiary/aromatic N) is 3. The highest BCUT2D eigenvalue weighted by molar-refractivity contribution is 5.75. The normalized spacial score (nSPS) is 22.8. The van der Waals surface area contributed by atoms with Gasteiger partial charge in [-0.05, 0) is 43.2 Å². The topological polar surface area (TPSA) is 86.0 Å². The van der Waals surface area contributed by atoms with Crippen LogP contribution in [0.5, 0.6) is 0 Å². The van der Waals surface area contributed by atoms with Crippen LogP contribution in [0.25, 0.3) is 22.6 Å². The Morgan fingerprint density at radius 3 is 2.65 bits per heavy atom. The summed E-state index contributed by atoms with van der Waals surface area (Å²) in [4.78, 5) is 14.4. The minimum atomic E-state index is -0.563. The number of fused-ring (bicyclic) bond motifs is 2. The van der Waals surface area contributed by atoms with Gasteiger partial charge in [0.25, 0.3) is 0 Å². The molecule has 2 N–H and O–H groups in total. The molecule has 2 aliphatic rings. The molecule has 1 aromatic heterocycles. The summed E-state index contributed by atoms with van der Waals surface area (Å²) in [5.41, 5.74) is 8.09. The van der Waals surface area contributed by atoms with E-state index in [4.69, 9.17) is 24.9 Å². The van der Waals surface area contributed by atoms with Crippen molar-refractivity contribution >= 4 is 11.1 Å². The number of hydrogen-bond donors (Lipinski definition) is 1. The van der Waals surface area contributed by atoms with Crippen molar-refractivity contribution in [2.75, 3.05) is 19.8 Å². The molecule has 0 saturated carbocycles. The number of hydrogen-bond acceptors (Lipinski definition) is 6. The van der Waals surface area contributed by atoms with E-state index in [1.807, 2.05) is 42.5 Å². The number of aromatic nitrogens is 1. The lowest BCUT2D eigenvalue weighted by molar-refractivity contribution is 0.0418. The monoisotopic (exact) mass is 348 g/mol. The number of nitrogens with two attached hydrogens (primary N) is 1. The first-order valence-corrected chi connectivity index (χ1v) is 9.01. The van der Waals surface area contributed by atoms with Crippen LogP contribution in [0.2, 0.25) is 0 Å². The van der Waals surface area contributed by atoms with Gasteiger partial charge in [0.2, 0.25) is 5.89 Å². The van der Waals surface area contributed by atoms with E-state index in [-0.39, 0.29) is 0 Å². The fourth-order valence-corrected chi connectivity index (χ4v) is 3.88. The average Bonchev–Trinajstić information content (AvgIpc) is 3.30. The Hall–Kier alpha value is -2.57. The summed E-state index contributed by atoms with van der Waals surface area (Å²) in [6.07, 6.45) is 1.88. The number of benzene rings is 2. The Balaban J connectivity index is 1.58. The van der Waals surface area contributed by atoms with Crippen LogP contribution in [0, 0.1) is 5.92 Å². The minimum absolute atomic E-state index is 0.321. The highest BCUT2D eigenvalue weighted by atomic mass is 16.5. The molecule has 26 heavy (non-hydrogen) atoms. The standard InChI is InChI=1S/C20H20N4O2/c21-12-20(14-7-9-25-10-8-14)23-15-6-5-13(11-17(15)24-20)19-22-16-3-1-2-4-18(16)26-19/h1-6,11,14H,7-10,12,21H2. The first kappa shape index (κ1) is 15.7. The molecule has 0 amide bonds. The average molecular weight is 348 g/mol. The second kappa shape index (κ2) is 6.00. The minimum Gasteiger partial charge on any atom is -0.436 e. The van der Waals surface area contributed by atoms with Gasteiger partial charge < -0.3 is 14.9 Å². The number of ether oxygens (including phenoxy) is 1. The molecule has 132 valence electrons. The van der Waals surface area contributed by atoms with Gasteiger partial charge in [-0.15, -0.1) is 0 Å². The third-order valence-corrected chi connectivity index (χ3v) is 5.32. The summed E-state index contributed by atoms with van der Waals surface area (Å²) in [5.74, 6) is 0.918. The van der Waals surface area contributed by atoms with Crippen LogP contribution in [0.4, 0.5) is 0 Å². The maximum absolute atomic E-state index is 6.12. The molecule has 0 aliphatic carbocycles. The third-order valence-electron chi connectivity index (χ3n) is 5.32. The Bertz CT molecular complexity index is 1050. The SMILES string of the molecule is NCC1(C2CCOCC2)N=c2ccc(-c3nc4ccccc4o3)cc2=N1. The number of rotatable bonds is 3. The molecular formula is C20H20N4O2. The second-order valence-corrected chi connectivity index (χ2v) is 6.88. The predicted molar refractivity (Wildman–Crippen MR) is 97.1 cm³/mol. The molecule has 0 bridgehead atoms. The molecule has 6 heteroatoms. The Morgan fingerprint density at radius 2 is 1.85 bits per heavy atom. The molecular weight excluding hydrogens is 328 g/mol. The van der Waals surface area contributed by atoms with E-state index < -0.39 is 5.66 Å². The van der Waals surface area contributed by atoms with Crippen molar-refractivity contribution in [2.45, 2.75) is 18.5 Å². The van der Waals surface area contributed by atoms with Crippen molar-refractivity contribution in [1.29, 1.82) is 0 Å². The fraction of sp³-hybridized carbons (Fsp3) is 0.350. The zero-order chi connectivity index (χ0) is 17.6. The van der Waals surface area contributed by atoms with E-state index in [9.17, 15) is 0 Å². The van der Waals surface area contributed by atoms with Gasteiger partial charge in [-0.3, -0.25) is 9.98 Å². The quantitative estimate of drug-likeness (QED) is 0.782. The second-order valence-electron chi connectivity index (χ2n) is 6.88. The van der Waals surface area contributed by atoms with E-state index in [1.54, 1.807) is 0 Å². The van der Waals surface area contributed by atoms with Crippen LogP contribution in [-0.2, 0) is 4.74 Å². The van der Waals surface area contributed by atoms with Gasteiger partial charge in [0.15, 0.2) is 11.2 Å². The predicted octanol–water partition coefficient (Wildman–Crippen LogP) is 1.83. The zero-order valence-corrected chi connectivity index (χ0v) is 14.4. The van der Waals surface area contributed by atoms with Crippen LogP contribution in [-0.4, -0.2) is 30.4 Å². The van der Waals surface area contributed by atoms with Crippen molar-refractivity contribution in [3.8, 4) is 11.5 Å². The highest BCUT2D eigenvalue weighted by Gasteiger charge is 2.39. The zero-order valence-electron chi connectivity index (χ0n) is 14.4. The smallest absolute Gasteiger partial charge is 0.227 e. The van der Waals surface area contributed by atoms with Crippen LogP contribution in [0.3, 0.4) is 0 Å². The molecule has 1 atom stereocenters. The van der Waals surface area contributed by atoms with Crippen LogP contribution in [0.1, 0.15) is 12.8 Å². The molecule has 3 aromatic rings. The molecule has 1 saturated heterocycles. The molecule has 5 rings (SSSR count). The van der Waals surface area contributed by atoms with Crippen LogP contribution < -0.4 is 16.4 Å². The fourth-order valence-electron chi connectivity index (χ4n) is 3.88. The Morgan fingerprint density at radius 1 is 1.04 bits per heavy atom. The molecule has 1 unspecified atom stereocenters. The van der Waals surface area contributed by atoms with E-state index in [0.717, 1.165) is 53.4 Å². The van der Waals surface area contributed by atoms with E-state index in [1.165, 1.54) is 0 Å². The third kappa shape index (κ3) is 2.45. The van der Waals surface area contributed by atoms with E-state index >= 15 is 0 Å². The van der Waals surface area contributed by atoms with Crippen LogP contribution in [0.15, 0.2) is 56.9 Å². The number of para-hydroxylation sites is 2. The summed E-state index contributed by atoms with van der Waals surface area (Å²) in [6, 6.07) is 13.7. The molecule has 6 nitrogen and oxygen atoms in total.